The minimum atomic E-state index is 0.145. The third kappa shape index (κ3) is 3.95. The largest absolute Gasteiger partial charge is 0.487 e. The predicted octanol–water partition coefficient (Wildman–Crippen LogP) is 3.55. The summed E-state index contributed by atoms with van der Waals surface area (Å²) in [6, 6.07) is 10.0. The van der Waals surface area contributed by atoms with Crippen molar-refractivity contribution in [2.24, 2.45) is 5.84 Å². The van der Waals surface area contributed by atoms with Crippen LogP contribution in [0.15, 0.2) is 36.5 Å². The summed E-state index contributed by atoms with van der Waals surface area (Å²) in [5.41, 5.74) is 6.85. The molecule has 1 aromatic heterocycles. The lowest BCUT2D eigenvalue weighted by molar-refractivity contribution is 0.299. The van der Waals surface area contributed by atoms with Crippen LogP contribution in [0.3, 0.4) is 0 Å². The fourth-order valence-corrected chi connectivity index (χ4v) is 2.08. The number of hydrogen-bond acceptors (Lipinski definition) is 4. The van der Waals surface area contributed by atoms with Crippen molar-refractivity contribution >= 4 is 5.69 Å². The number of ether oxygens (including phenoxy) is 1. The van der Waals surface area contributed by atoms with Crippen LogP contribution in [-0.2, 0) is 12.0 Å². The molecule has 0 aliphatic carbocycles. The molecule has 2 rings (SSSR count). The van der Waals surface area contributed by atoms with Gasteiger partial charge in [0.15, 0.2) is 0 Å². The van der Waals surface area contributed by atoms with Crippen molar-refractivity contribution in [1.82, 2.24) is 4.98 Å². The van der Waals surface area contributed by atoms with Crippen LogP contribution in [0, 0.1) is 6.92 Å². The lowest BCUT2D eigenvalue weighted by Gasteiger charge is -2.20. The number of aromatic nitrogens is 1. The Kier molecular flexibility index (Phi) is 4.48. The van der Waals surface area contributed by atoms with E-state index in [4.69, 9.17) is 10.6 Å². The van der Waals surface area contributed by atoms with E-state index >= 15 is 0 Å². The van der Waals surface area contributed by atoms with Gasteiger partial charge in [0.2, 0.25) is 0 Å². The average Bonchev–Trinajstić information content (AvgIpc) is 2.45. The minimum Gasteiger partial charge on any atom is -0.487 e. The second-order valence-corrected chi connectivity index (χ2v) is 6.20. The maximum absolute atomic E-state index is 5.86. The first-order valence-corrected chi connectivity index (χ1v) is 7.05. The number of hydrazine groups is 1. The molecule has 0 aliphatic rings. The van der Waals surface area contributed by atoms with Crippen LogP contribution in [0.2, 0.25) is 0 Å². The maximum Gasteiger partial charge on any atom is 0.130 e. The van der Waals surface area contributed by atoms with Gasteiger partial charge in [-0.1, -0.05) is 32.9 Å². The number of nitrogens with two attached hydrogens (primary N) is 1. The topological polar surface area (TPSA) is 60.2 Å². The van der Waals surface area contributed by atoms with Crippen molar-refractivity contribution in [3.63, 3.8) is 0 Å². The summed E-state index contributed by atoms with van der Waals surface area (Å²) in [7, 11) is 0. The number of nitrogen functional groups attached to an aromatic ring is 1. The summed E-state index contributed by atoms with van der Waals surface area (Å²) in [4.78, 5) is 4.27. The van der Waals surface area contributed by atoms with Gasteiger partial charge in [-0.05, 0) is 41.7 Å². The van der Waals surface area contributed by atoms with E-state index < -0.39 is 0 Å². The Balaban J connectivity index is 2.10. The van der Waals surface area contributed by atoms with Crippen molar-refractivity contribution in [2.45, 2.75) is 39.7 Å². The number of anilines is 1. The van der Waals surface area contributed by atoms with Crippen LogP contribution >= 0.6 is 0 Å². The molecule has 0 atom stereocenters. The van der Waals surface area contributed by atoms with Crippen LogP contribution in [0.5, 0.6) is 5.75 Å². The van der Waals surface area contributed by atoms with Gasteiger partial charge in [-0.2, -0.15) is 0 Å². The fraction of sp³-hybridized carbons (Fsp3) is 0.353. The Hall–Kier alpha value is -2.07. The Morgan fingerprint density at radius 2 is 1.95 bits per heavy atom. The van der Waals surface area contributed by atoms with Gasteiger partial charge in [0, 0.05) is 6.20 Å². The summed E-state index contributed by atoms with van der Waals surface area (Å²) < 4.78 is 5.86. The summed E-state index contributed by atoms with van der Waals surface area (Å²) >= 11 is 0. The van der Waals surface area contributed by atoms with Gasteiger partial charge in [0.05, 0.1) is 11.4 Å². The van der Waals surface area contributed by atoms with Gasteiger partial charge >= 0.3 is 0 Å². The lowest BCUT2D eigenvalue weighted by atomic mass is 9.86. The van der Waals surface area contributed by atoms with Crippen LogP contribution in [0.1, 0.15) is 37.6 Å². The Morgan fingerprint density at radius 1 is 1.19 bits per heavy atom. The molecule has 1 heterocycles. The number of aryl methyl sites for hydroxylation is 1. The van der Waals surface area contributed by atoms with E-state index in [9.17, 15) is 0 Å². The van der Waals surface area contributed by atoms with E-state index in [0.29, 0.717) is 6.61 Å². The molecule has 4 heteroatoms. The normalized spacial score (nSPS) is 11.3. The minimum absolute atomic E-state index is 0.145. The molecule has 0 radical (unpaired) electrons. The van der Waals surface area contributed by atoms with E-state index in [1.165, 1.54) is 5.56 Å². The summed E-state index contributed by atoms with van der Waals surface area (Å²) in [5.74, 6) is 6.27. The van der Waals surface area contributed by atoms with Crippen molar-refractivity contribution in [3.8, 4) is 5.75 Å². The highest BCUT2D eigenvalue weighted by atomic mass is 16.5. The third-order valence-electron chi connectivity index (χ3n) is 3.40. The van der Waals surface area contributed by atoms with Gasteiger partial charge in [0.1, 0.15) is 12.4 Å². The zero-order chi connectivity index (χ0) is 15.5. The zero-order valence-electron chi connectivity index (χ0n) is 13.1. The van der Waals surface area contributed by atoms with Crippen LogP contribution in [-0.4, -0.2) is 4.98 Å². The molecule has 0 unspecified atom stereocenters. The van der Waals surface area contributed by atoms with E-state index in [1.54, 1.807) is 6.20 Å². The molecule has 21 heavy (non-hydrogen) atoms. The van der Waals surface area contributed by atoms with E-state index in [0.717, 1.165) is 22.7 Å². The SMILES string of the molecule is Cc1cc(C(C)(C)C)ccc1OCc1cc(NN)ccn1. The number of hydrogen-bond donors (Lipinski definition) is 2. The average molecular weight is 285 g/mol. The molecule has 0 fully saturated rings. The molecule has 112 valence electrons. The first-order valence-electron chi connectivity index (χ1n) is 7.05. The number of pyridine rings is 1. The highest BCUT2D eigenvalue weighted by Crippen LogP contribution is 2.27. The van der Waals surface area contributed by atoms with Gasteiger partial charge in [-0.3, -0.25) is 10.8 Å². The zero-order valence-corrected chi connectivity index (χ0v) is 13.1. The number of benzene rings is 1. The quantitative estimate of drug-likeness (QED) is 0.666. The van der Waals surface area contributed by atoms with E-state index in [2.05, 4.69) is 50.2 Å². The molecule has 0 saturated carbocycles. The molecule has 0 saturated heterocycles. The van der Waals surface area contributed by atoms with Crippen molar-refractivity contribution < 1.29 is 4.74 Å². The monoisotopic (exact) mass is 285 g/mol. The summed E-state index contributed by atoms with van der Waals surface area (Å²) in [6.45, 7) is 9.10. The maximum atomic E-state index is 5.86. The van der Waals surface area contributed by atoms with Crippen molar-refractivity contribution in [2.75, 3.05) is 5.43 Å². The molecular formula is C17H23N3O. The van der Waals surface area contributed by atoms with Crippen LogP contribution in [0.25, 0.3) is 0 Å². The first kappa shape index (κ1) is 15.3. The third-order valence-corrected chi connectivity index (χ3v) is 3.40. The Labute approximate surface area is 126 Å². The van der Waals surface area contributed by atoms with Crippen LogP contribution < -0.4 is 16.0 Å². The number of nitrogens with zero attached hydrogens (tertiary/aromatic N) is 1. The van der Waals surface area contributed by atoms with Gasteiger partial charge in [-0.25, -0.2) is 0 Å². The van der Waals surface area contributed by atoms with Crippen molar-refractivity contribution in [1.29, 1.82) is 0 Å². The highest BCUT2D eigenvalue weighted by molar-refractivity contribution is 5.42. The molecule has 3 N–H and O–H groups in total. The molecule has 4 nitrogen and oxygen atoms in total. The fourth-order valence-electron chi connectivity index (χ4n) is 2.08. The second kappa shape index (κ2) is 6.14. The Bertz CT molecular complexity index is 618. The first-order chi connectivity index (χ1) is 9.90. The highest BCUT2D eigenvalue weighted by Gasteiger charge is 2.14. The van der Waals surface area contributed by atoms with E-state index in [1.807, 2.05) is 18.2 Å². The van der Waals surface area contributed by atoms with Crippen LogP contribution in [0.4, 0.5) is 5.69 Å². The predicted molar refractivity (Wildman–Crippen MR) is 86.3 cm³/mol. The molecule has 2 aromatic rings. The van der Waals surface area contributed by atoms with E-state index in [-0.39, 0.29) is 5.41 Å². The number of rotatable bonds is 4. The molecule has 0 spiro atoms. The molecule has 1 aromatic carbocycles. The molecule has 0 aliphatic heterocycles. The van der Waals surface area contributed by atoms with Gasteiger partial charge in [-0.15, -0.1) is 0 Å². The number of nitrogens with one attached hydrogen (secondary N) is 1. The van der Waals surface area contributed by atoms with Crippen molar-refractivity contribution in [3.05, 3.63) is 53.3 Å². The Morgan fingerprint density at radius 3 is 2.57 bits per heavy atom. The lowest BCUT2D eigenvalue weighted by Crippen LogP contribution is -2.11. The second-order valence-electron chi connectivity index (χ2n) is 6.20. The smallest absolute Gasteiger partial charge is 0.130 e. The summed E-state index contributed by atoms with van der Waals surface area (Å²) in [6.07, 6.45) is 1.71. The van der Waals surface area contributed by atoms with Gasteiger partial charge in [0.25, 0.3) is 0 Å². The molecular weight excluding hydrogens is 262 g/mol. The van der Waals surface area contributed by atoms with Gasteiger partial charge < -0.3 is 10.2 Å². The summed E-state index contributed by atoms with van der Waals surface area (Å²) in [5, 5.41) is 0. The molecule has 0 bridgehead atoms. The molecule has 0 amide bonds. The standard InChI is InChI=1S/C17H23N3O/c1-12-9-13(17(2,3)4)5-6-16(12)21-11-15-10-14(20-18)7-8-19-15/h5-10H,11,18H2,1-4H3,(H,19,20).